The van der Waals surface area contributed by atoms with E-state index in [-0.39, 0.29) is 10.8 Å². The molecule has 1 saturated heterocycles. The summed E-state index contributed by atoms with van der Waals surface area (Å²) < 4.78 is 27.3. The Morgan fingerprint density at radius 2 is 2.00 bits per heavy atom. The van der Waals surface area contributed by atoms with Gasteiger partial charge < -0.3 is 4.90 Å². The van der Waals surface area contributed by atoms with Crippen LogP contribution >= 0.6 is 11.8 Å². The third-order valence-electron chi connectivity index (χ3n) is 3.43. The van der Waals surface area contributed by atoms with Crippen LogP contribution in [0.4, 0.5) is 0 Å². The van der Waals surface area contributed by atoms with Crippen LogP contribution in [0.1, 0.15) is 12.8 Å². The molecule has 1 aliphatic heterocycles. The SMILES string of the molecule is CSCCC(NS(=O)(=O)c1ccccc1)C(=O)N1CCC1. The van der Waals surface area contributed by atoms with Crippen molar-refractivity contribution in [3.05, 3.63) is 30.3 Å². The molecule has 21 heavy (non-hydrogen) atoms. The fourth-order valence-corrected chi connectivity index (χ4v) is 3.80. The summed E-state index contributed by atoms with van der Waals surface area (Å²) in [7, 11) is -3.66. The van der Waals surface area contributed by atoms with Crippen LogP contribution in [0.15, 0.2) is 35.2 Å². The largest absolute Gasteiger partial charge is 0.341 e. The van der Waals surface area contributed by atoms with Crippen molar-refractivity contribution in [2.24, 2.45) is 0 Å². The number of rotatable bonds is 7. The molecule has 5 nitrogen and oxygen atoms in total. The number of likely N-dealkylation sites (tertiary alicyclic amines) is 1. The van der Waals surface area contributed by atoms with Crippen molar-refractivity contribution in [2.45, 2.75) is 23.8 Å². The summed E-state index contributed by atoms with van der Waals surface area (Å²) in [5, 5.41) is 0. The van der Waals surface area contributed by atoms with Crippen molar-refractivity contribution in [3.8, 4) is 0 Å². The Labute approximate surface area is 130 Å². The minimum absolute atomic E-state index is 0.116. The third kappa shape index (κ3) is 4.21. The van der Waals surface area contributed by atoms with Crippen molar-refractivity contribution in [2.75, 3.05) is 25.1 Å². The van der Waals surface area contributed by atoms with Gasteiger partial charge in [-0.25, -0.2) is 8.42 Å². The molecule has 1 aliphatic rings. The fourth-order valence-electron chi connectivity index (χ4n) is 2.08. The first-order chi connectivity index (χ1) is 10.0. The van der Waals surface area contributed by atoms with Crippen molar-refractivity contribution in [1.29, 1.82) is 0 Å². The molecule has 0 spiro atoms. The van der Waals surface area contributed by atoms with Crippen LogP contribution in [0.25, 0.3) is 0 Å². The first-order valence-corrected chi connectivity index (χ1v) is 9.77. The van der Waals surface area contributed by atoms with Gasteiger partial charge in [0, 0.05) is 13.1 Å². The Morgan fingerprint density at radius 3 is 2.52 bits per heavy atom. The Kier molecular flexibility index (Phi) is 5.66. The summed E-state index contributed by atoms with van der Waals surface area (Å²) in [4.78, 5) is 14.2. The van der Waals surface area contributed by atoms with Crippen molar-refractivity contribution in [3.63, 3.8) is 0 Å². The molecule has 0 bridgehead atoms. The number of hydrogen-bond acceptors (Lipinski definition) is 4. The van der Waals surface area contributed by atoms with Crippen molar-refractivity contribution < 1.29 is 13.2 Å². The molecule has 1 amide bonds. The summed E-state index contributed by atoms with van der Waals surface area (Å²) in [6, 6.07) is 7.48. The smallest absolute Gasteiger partial charge is 0.241 e. The van der Waals surface area contributed by atoms with Crippen molar-refractivity contribution in [1.82, 2.24) is 9.62 Å². The highest BCUT2D eigenvalue weighted by atomic mass is 32.2. The predicted octanol–water partition coefficient (Wildman–Crippen LogP) is 1.32. The lowest BCUT2D eigenvalue weighted by atomic mass is 10.1. The van der Waals surface area contributed by atoms with Crippen LogP contribution in [-0.4, -0.2) is 50.4 Å². The van der Waals surface area contributed by atoms with E-state index in [9.17, 15) is 13.2 Å². The Balaban J connectivity index is 2.11. The highest BCUT2D eigenvalue weighted by Crippen LogP contribution is 2.15. The molecule has 1 atom stereocenters. The summed E-state index contributed by atoms with van der Waals surface area (Å²) in [5.41, 5.74) is 0. The Bertz CT molecular complexity index is 571. The molecule has 7 heteroatoms. The number of hydrogen-bond donors (Lipinski definition) is 1. The van der Waals surface area contributed by atoms with E-state index in [1.165, 1.54) is 12.1 Å². The number of thioether (sulfide) groups is 1. The summed E-state index contributed by atoms with van der Waals surface area (Å²) in [5.74, 6) is 0.622. The fraction of sp³-hybridized carbons (Fsp3) is 0.500. The van der Waals surface area contributed by atoms with Crippen molar-refractivity contribution >= 4 is 27.7 Å². The molecule has 1 fully saturated rings. The normalized spacial score (nSPS) is 16.3. The van der Waals surface area contributed by atoms with E-state index in [1.807, 2.05) is 6.26 Å². The number of carbonyl (C=O) groups is 1. The summed E-state index contributed by atoms with van der Waals surface area (Å²) in [6.07, 6.45) is 3.44. The van der Waals surface area contributed by atoms with Gasteiger partial charge in [0.15, 0.2) is 0 Å². The number of benzene rings is 1. The van der Waals surface area contributed by atoms with E-state index in [0.29, 0.717) is 6.42 Å². The van der Waals surface area contributed by atoms with Crippen LogP contribution in [0.3, 0.4) is 0 Å². The van der Waals surface area contributed by atoms with Gasteiger partial charge in [-0.3, -0.25) is 4.79 Å². The predicted molar refractivity (Wildman–Crippen MR) is 84.7 cm³/mol. The van der Waals surface area contributed by atoms with E-state index >= 15 is 0 Å². The summed E-state index contributed by atoms with van der Waals surface area (Å²) >= 11 is 1.60. The molecule has 1 N–H and O–H groups in total. The van der Waals surface area contributed by atoms with E-state index in [1.54, 1.807) is 34.9 Å². The minimum atomic E-state index is -3.66. The van der Waals surface area contributed by atoms with Gasteiger partial charge >= 0.3 is 0 Å². The number of amides is 1. The second kappa shape index (κ2) is 7.29. The molecule has 1 unspecified atom stereocenters. The first kappa shape index (κ1) is 16.3. The lowest BCUT2D eigenvalue weighted by molar-refractivity contribution is -0.136. The second-order valence-corrected chi connectivity index (χ2v) is 7.65. The molecule has 0 radical (unpaired) electrons. The standard InChI is InChI=1S/C14H20N2O3S2/c1-20-11-8-13(14(17)16-9-5-10-16)15-21(18,19)12-6-3-2-4-7-12/h2-4,6-7,13,15H,5,8-11H2,1H3. The average molecular weight is 328 g/mol. The molecule has 2 rings (SSSR count). The van der Waals surface area contributed by atoms with Gasteiger partial charge in [-0.05, 0) is 37.0 Å². The van der Waals surface area contributed by atoms with E-state index in [0.717, 1.165) is 25.3 Å². The lowest BCUT2D eigenvalue weighted by Gasteiger charge is -2.34. The highest BCUT2D eigenvalue weighted by molar-refractivity contribution is 7.98. The van der Waals surface area contributed by atoms with Gasteiger partial charge in [-0.2, -0.15) is 16.5 Å². The maximum absolute atomic E-state index is 12.4. The van der Waals surface area contributed by atoms with E-state index in [2.05, 4.69) is 4.72 Å². The molecule has 1 aromatic rings. The molecule has 116 valence electrons. The molecule has 0 aliphatic carbocycles. The molecular formula is C14H20N2O3S2. The first-order valence-electron chi connectivity index (χ1n) is 6.89. The Hall–Kier alpha value is -1.05. The zero-order chi connectivity index (χ0) is 15.3. The van der Waals surface area contributed by atoms with Crippen LogP contribution < -0.4 is 4.72 Å². The van der Waals surface area contributed by atoms with E-state index in [4.69, 9.17) is 0 Å². The number of sulfonamides is 1. The lowest BCUT2D eigenvalue weighted by Crippen LogP contribution is -2.53. The quantitative estimate of drug-likeness (QED) is 0.820. The van der Waals surface area contributed by atoms with Gasteiger partial charge in [0.1, 0.15) is 6.04 Å². The number of carbonyl (C=O) groups excluding carboxylic acids is 1. The minimum Gasteiger partial charge on any atom is -0.341 e. The number of nitrogens with one attached hydrogen (secondary N) is 1. The third-order valence-corrected chi connectivity index (χ3v) is 5.56. The van der Waals surface area contributed by atoms with Gasteiger partial charge in [-0.15, -0.1) is 0 Å². The van der Waals surface area contributed by atoms with Crippen LogP contribution in [0, 0.1) is 0 Å². The molecule has 1 heterocycles. The van der Waals surface area contributed by atoms with Crippen LogP contribution in [0.5, 0.6) is 0 Å². The molecular weight excluding hydrogens is 308 g/mol. The van der Waals surface area contributed by atoms with Gasteiger partial charge in [-0.1, -0.05) is 18.2 Å². The topological polar surface area (TPSA) is 66.5 Å². The van der Waals surface area contributed by atoms with E-state index < -0.39 is 16.1 Å². The molecule has 0 aromatic heterocycles. The number of nitrogens with zero attached hydrogens (tertiary/aromatic N) is 1. The second-order valence-electron chi connectivity index (χ2n) is 4.95. The maximum atomic E-state index is 12.4. The van der Waals surface area contributed by atoms with Gasteiger partial charge in [0.25, 0.3) is 0 Å². The maximum Gasteiger partial charge on any atom is 0.241 e. The molecule has 1 aromatic carbocycles. The monoisotopic (exact) mass is 328 g/mol. The summed E-state index contributed by atoms with van der Waals surface area (Å²) in [6.45, 7) is 1.45. The van der Waals surface area contributed by atoms with Gasteiger partial charge in [0.2, 0.25) is 15.9 Å². The zero-order valence-corrected chi connectivity index (χ0v) is 13.6. The van der Waals surface area contributed by atoms with Crippen LogP contribution in [-0.2, 0) is 14.8 Å². The molecule has 0 saturated carbocycles. The zero-order valence-electron chi connectivity index (χ0n) is 12.0. The average Bonchev–Trinajstić information content (AvgIpc) is 2.42. The van der Waals surface area contributed by atoms with Gasteiger partial charge in [0.05, 0.1) is 4.90 Å². The Morgan fingerprint density at radius 1 is 1.33 bits per heavy atom. The van der Waals surface area contributed by atoms with Crippen LogP contribution in [0.2, 0.25) is 0 Å². The highest BCUT2D eigenvalue weighted by Gasteiger charge is 2.31.